The minimum absolute atomic E-state index is 0.0747. The molecule has 0 saturated heterocycles. The van der Waals surface area contributed by atoms with Gasteiger partial charge < -0.3 is 4.90 Å². The van der Waals surface area contributed by atoms with E-state index in [1.807, 2.05) is 36.4 Å². The number of carbonyl (C=O) groups excluding carboxylic acids is 1. The van der Waals surface area contributed by atoms with Gasteiger partial charge in [0.1, 0.15) is 8.07 Å². The number of rotatable bonds is 7. The maximum atomic E-state index is 12.7. The Morgan fingerprint density at radius 3 is 1.83 bits per heavy atom. The molecule has 2 aromatic rings. The first-order chi connectivity index (χ1) is 11.4. The first-order valence-corrected chi connectivity index (χ1v) is 11.6. The third-order valence-electron chi connectivity index (χ3n) is 4.66. The molecule has 0 aromatic heterocycles. The molecule has 126 valence electrons. The Hall–Kier alpha value is -2.13. The van der Waals surface area contributed by atoms with Crippen molar-refractivity contribution in [2.75, 3.05) is 18.0 Å². The fraction of sp³-hybridized carbons (Fsp3) is 0.286. The number of ketones is 1. The Balaban J connectivity index is 2.21. The standard InChI is InChI=1S/C21H27NOSi/c1-6-22(7-2)19-13-9-17(10-14-19)21(23)18-11-15-20(16-12-18)24(4,5)8-3/h8-16H,3,6-7H2,1-2,4-5H3. The molecule has 0 spiro atoms. The zero-order chi connectivity index (χ0) is 17.7. The molecule has 0 heterocycles. The highest BCUT2D eigenvalue weighted by molar-refractivity contribution is 6.93. The molecule has 0 aliphatic heterocycles. The van der Waals surface area contributed by atoms with E-state index in [-0.39, 0.29) is 5.78 Å². The number of benzene rings is 2. The van der Waals surface area contributed by atoms with Crippen LogP contribution in [0.1, 0.15) is 29.8 Å². The van der Waals surface area contributed by atoms with Crippen LogP contribution in [0.15, 0.2) is 60.8 Å². The van der Waals surface area contributed by atoms with Crippen LogP contribution < -0.4 is 10.1 Å². The van der Waals surface area contributed by atoms with Crippen molar-refractivity contribution >= 4 is 24.7 Å². The number of anilines is 1. The molecule has 0 atom stereocenters. The van der Waals surface area contributed by atoms with Gasteiger partial charge in [-0.3, -0.25) is 4.79 Å². The lowest BCUT2D eigenvalue weighted by molar-refractivity contribution is 0.103. The summed E-state index contributed by atoms with van der Waals surface area (Å²) in [5.74, 6) is 0.0747. The van der Waals surface area contributed by atoms with Gasteiger partial charge in [-0.05, 0) is 38.1 Å². The van der Waals surface area contributed by atoms with E-state index in [0.717, 1.165) is 29.9 Å². The second kappa shape index (κ2) is 7.62. The van der Waals surface area contributed by atoms with Crippen molar-refractivity contribution in [2.24, 2.45) is 0 Å². The van der Waals surface area contributed by atoms with Gasteiger partial charge in [0.15, 0.2) is 5.78 Å². The molecule has 0 aliphatic rings. The molecule has 3 heteroatoms. The topological polar surface area (TPSA) is 20.3 Å². The molecule has 0 bridgehead atoms. The minimum atomic E-state index is -1.57. The quantitative estimate of drug-likeness (QED) is 0.551. The van der Waals surface area contributed by atoms with Gasteiger partial charge in [0.25, 0.3) is 0 Å². The lowest BCUT2D eigenvalue weighted by atomic mass is 10.0. The number of nitrogens with zero attached hydrogens (tertiary/aromatic N) is 1. The average Bonchev–Trinajstić information content (AvgIpc) is 2.63. The van der Waals surface area contributed by atoms with Gasteiger partial charge >= 0.3 is 0 Å². The van der Waals surface area contributed by atoms with E-state index in [2.05, 4.69) is 56.3 Å². The predicted octanol–water partition coefficient (Wildman–Crippen LogP) is 4.40. The van der Waals surface area contributed by atoms with E-state index in [1.165, 1.54) is 5.19 Å². The van der Waals surface area contributed by atoms with Crippen molar-refractivity contribution in [1.82, 2.24) is 0 Å². The van der Waals surface area contributed by atoms with Gasteiger partial charge in [-0.1, -0.05) is 48.2 Å². The number of hydrogen-bond acceptors (Lipinski definition) is 2. The highest BCUT2D eigenvalue weighted by Crippen LogP contribution is 2.17. The van der Waals surface area contributed by atoms with Gasteiger partial charge in [-0.25, -0.2) is 0 Å². The van der Waals surface area contributed by atoms with Crippen molar-refractivity contribution in [3.05, 3.63) is 71.9 Å². The molecule has 0 amide bonds. The largest absolute Gasteiger partial charge is 0.372 e. The highest BCUT2D eigenvalue weighted by Gasteiger charge is 2.19. The van der Waals surface area contributed by atoms with Crippen LogP contribution in [0.25, 0.3) is 0 Å². The molecule has 24 heavy (non-hydrogen) atoms. The molecule has 0 radical (unpaired) electrons. The van der Waals surface area contributed by atoms with E-state index < -0.39 is 8.07 Å². The van der Waals surface area contributed by atoms with Crippen molar-refractivity contribution in [1.29, 1.82) is 0 Å². The Bertz CT molecular complexity index is 698. The maximum Gasteiger partial charge on any atom is 0.193 e. The molecule has 0 saturated carbocycles. The molecule has 0 N–H and O–H groups in total. The molecular weight excluding hydrogens is 310 g/mol. The second-order valence-electron chi connectivity index (χ2n) is 6.55. The number of hydrogen-bond donors (Lipinski definition) is 0. The fourth-order valence-electron chi connectivity index (χ4n) is 2.75. The van der Waals surface area contributed by atoms with Crippen LogP contribution in [-0.4, -0.2) is 26.9 Å². The third-order valence-corrected chi connectivity index (χ3v) is 7.50. The molecule has 2 aromatic carbocycles. The van der Waals surface area contributed by atoms with Gasteiger partial charge in [0.2, 0.25) is 0 Å². The van der Waals surface area contributed by atoms with Gasteiger partial charge in [-0.15, -0.1) is 6.58 Å². The van der Waals surface area contributed by atoms with Crippen LogP contribution in [0.3, 0.4) is 0 Å². The summed E-state index contributed by atoms with van der Waals surface area (Å²) in [4.78, 5) is 14.9. The Kier molecular flexibility index (Phi) is 5.78. The van der Waals surface area contributed by atoms with Crippen LogP contribution in [0.2, 0.25) is 13.1 Å². The summed E-state index contributed by atoms with van der Waals surface area (Å²) in [6.07, 6.45) is 0. The molecule has 0 unspecified atom stereocenters. The molecule has 2 nitrogen and oxygen atoms in total. The van der Waals surface area contributed by atoms with Crippen molar-refractivity contribution < 1.29 is 4.79 Å². The van der Waals surface area contributed by atoms with E-state index in [0.29, 0.717) is 0 Å². The zero-order valence-corrected chi connectivity index (χ0v) is 16.2. The summed E-state index contributed by atoms with van der Waals surface area (Å²) >= 11 is 0. The van der Waals surface area contributed by atoms with Crippen LogP contribution in [0, 0.1) is 0 Å². The normalized spacial score (nSPS) is 11.2. The van der Waals surface area contributed by atoms with Gasteiger partial charge in [0.05, 0.1) is 0 Å². The summed E-state index contributed by atoms with van der Waals surface area (Å²) in [5, 5.41) is 1.30. The Labute approximate surface area is 146 Å². The molecular formula is C21H27NOSi. The minimum Gasteiger partial charge on any atom is -0.372 e. The summed E-state index contributed by atoms with van der Waals surface area (Å²) in [6.45, 7) is 14.7. The third kappa shape index (κ3) is 3.85. The van der Waals surface area contributed by atoms with E-state index in [4.69, 9.17) is 0 Å². The van der Waals surface area contributed by atoms with E-state index in [1.54, 1.807) is 0 Å². The van der Waals surface area contributed by atoms with E-state index >= 15 is 0 Å². The smallest absolute Gasteiger partial charge is 0.193 e. The van der Waals surface area contributed by atoms with E-state index in [9.17, 15) is 4.79 Å². The summed E-state index contributed by atoms with van der Waals surface area (Å²) in [6, 6.07) is 15.9. The summed E-state index contributed by atoms with van der Waals surface area (Å²) < 4.78 is 0. The SMILES string of the molecule is C=C[Si](C)(C)c1ccc(C(=O)c2ccc(N(CC)CC)cc2)cc1. The predicted molar refractivity (Wildman–Crippen MR) is 107 cm³/mol. The lowest BCUT2D eigenvalue weighted by Gasteiger charge is -2.21. The monoisotopic (exact) mass is 337 g/mol. The van der Waals surface area contributed by atoms with Crippen LogP contribution in [0.5, 0.6) is 0 Å². The average molecular weight is 338 g/mol. The number of carbonyl (C=O) groups is 1. The van der Waals surface area contributed by atoms with Crippen molar-refractivity contribution in [3.8, 4) is 0 Å². The van der Waals surface area contributed by atoms with Gasteiger partial charge in [0, 0.05) is 29.9 Å². The Morgan fingerprint density at radius 2 is 1.42 bits per heavy atom. The maximum absolute atomic E-state index is 12.7. The first-order valence-electron chi connectivity index (χ1n) is 8.56. The van der Waals surface area contributed by atoms with Crippen molar-refractivity contribution in [2.45, 2.75) is 26.9 Å². The van der Waals surface area contributed by atoms with Crippen LogP contribution in [-0.2, 0) is 0 Å². The molecule has 0 aliphatic carbocycles. The van der Waals surface area contributed by atoms with Crippen molar-refractivity contribution in [3.63, 3.8) is 0 Å². The Morgan fingerprint density at radius 1 is 0.958 bits per heavy atom. The van der Waals surface area contributed by atoms with Gasteiger partial charge in [-0.2, -0.15) is 0 Å². The summed E-state index contributed by atoms with van der Waals surface area (Å²) in [7, 11) is -1.57. The zero-order valence-electron chi connectivity index (χ0n) is 15.2. The molecule has 0 fully saturated rings. The lowest BCUT2D eigenvalue weighted by Crippen LogP contribution is -2.39. The first kappa shape index (κ1) is 18.2. The molecule has 2 rings (SSSR count). The fourth-order valence-corrected chi connectivity index (χ4v) is 4.01. The second-order valence-corrected chi connectivity index (χ2v) is 11.0. The summed E-state index contributed by atoms with van der Waals surface area (Å²) in [5.41, 5.74) is 4.70. The van der Waals surface area contributed by atoms with Crippen LogP contribution in [0.4, 0.5) is 5.69 Å². The highest BCUT2D eigenvalue weighted by atomic mass is 28.3. The van der Waals surface area contributed by atoms with Crippen LogP contribution >= 0.6 is 0 Å².